The average Bonchev–Trinajstić information content (AvgIpc) is 2.50. The fourth-order valence-corrected chi connectivity index (χ4v) is 1.25. The van der Waals surface area contributed by atoms with E-state index in [-0.39, 0.29) is 17.4 Å². The summed E-state index contributed by atoms with van der Waals surface area (Å²) >= 11 is 0. The van der Waals surface area contributed by atoms with Gasteiger partial charge < -0.3 is 10.1 Å². The molecule has 1 aliphatic heterocycles. The molecule has 0 radical (unpaired) electrons. The van der Waals surface area contributed by atoms with Crippen LogP contribution in [-0.2, 0) is 9.53 Å². The second-order valence-corrected chi connectivity index (χ2v) is 4.78. The number of hydrogen-bond donors (Lipinski definition) is 1. The molecule has 3 nitrogen and oxygen atoms in total. The highest BCUT2D eigenvalue weighted by Crippen LogP contribution is 2.14. The maximum Gasteiger partial charge on any atom is 0.249 e. The third-order valence-corrected chi connectivity index (χ3v) is 2.02. The molecule has 1 fully saturated rings. The smallest absolute Gasteiger partial charge is 0.249 e. The van der Waals surface area contributed by atoms with Gasteiger partial charge in [-0.05, 0) is 18.3 Å². The zero-order valence-corrected chi connectivity index (χ0v) is 8.72. The molecule has 0 spiro atoms. The van der Waals surface area contributed by atoms with Crippen molar-refractivity contribution in [3.05, 3.63) is 0 Å². The van der Waals surface area contributed by atoms with Crippen molar-refractivity contribution in [2.75, 3.05) is 13.2 Å². The quantitative estimate of drug-likeness (QED) is 0.704. The summed E-state index contributed by atoms with van der Waals surface area (Å²) in [4.78, 5) is 11.5. The zero-order chi connectivity index (χ0) is 9.90. The van der Waals surface area contributed by atoms with Gasteiger partial charge in [-0.3, -0.25) is 4.79 Å². The van der Waals surface area contributed by atoms with E-state index in [1.807, 2.05) is 0 Å². The molecule has 1 amide bonds. The van der Waals surface area contributed by atoms with E-state index < -0.39 is 0 Å². The van der Waals surface area contributed by atoms with Crippen LogP contribution in [0.25, 0.3) is 0 Å². The maximum atomic E-state index is 11.5. The number of rotatable bonds is 2. The summed E-state index contributed by atoms with van der Waals surface area (Å²) in [5.74, 6) is 0.0485. The molecule has 1 atom stereocenters. The molecule has 1 N–H and O–H groups in total. The van der Waals surface area contributed by atoms with E-state index in [2.05, 4.69) is 26.1 Å². The van der Waals surface area contributed by atoms with Gasteiger partial charge in [0.05, 0.1) is 0 Å². The van der Waals surface area contributed by atoms with Gasteiger partial charge in [0.25, 0.3) is 0 Å². The van der Waals surface area contributed by atoms with Crippen LogP contribution in [0.4, 0.5) is 0 Å². The van der Waals surface area contributed by atoms with Gasteiger partial charge in [-0.1, -0.05) is 20.8 Å². The lowest BCUT2D eigenvalue weighted by Crippen LogP contribution is -2.38. The Bertz CT molecular complexity index is 178. The summed E-state index contributed by atoms with van der Waals surface area (Å²) in [5.41, 5.74) is 0.147. The minimum absolute atomic E-state index is 0.0485. The van der Waals surface area contributed by atoms with Crippen LogP contribution in [0.1, 0.15) is 33.6 Å². The van der Waals surface area contributed by atoms with Gasteiger partial charge in [-0.25, -0.2) is 0 Å². The molecule has 76 valence electrons. The Hall–Kier alpha value is -0.570. The minimum atomic E-state index is -0.192. The van der Waals surface area contributed by atoms with Crippen LogP contribution in [0.15, 0.2) is 0 Å². The van der Waals surface area contributed by atoms with Crippen LogP contribution in [-0.4, -0.2) is 25.2 Å². The van der Waals surface area contributed by atoms with Gasteiger partial charge >= 0.3 is 0 Å². The Balaban J connectivity index is 2.25. The van der Waals surface area contributed by atoms with Crippen LogP contribution in [0.3, 0.4) is 0 Å². The first-order valence-corrected chi connectivity index (χ1v) is 4.88. The molecule has 1 heterocycles. The average molecular weight is 185 g/mol. The number of carbonyl (C=O) groups is 1. The van der Waals surface area contributed by atoms with Crippen molar-refractivity contribution in [1.82, 2.24) is 5.32 Å². The fraction of sp³-hybridized carbons (Fsp3) is 0.900. The van der Waals surface area contributed by atoms with Crippen molar-refractivity contribution in [2.45, 2.75) is 39.7 Å². The third kappa shape index (κ3) is 3.77. The fourth-order valence-electron chi connectivity index (χ4n) is 1.25. The van der Waals surface area contributed by atoms with Gasteiger partial charge in [0, 0.05) is 13.2 Å². The summed E-state index contributed by atoms with van der Waals surface area (Å²) in [6.45, 7) is 7.74. The predicted molar refractivity (Wildman–Crippen MR) is 51.4 cm³/mol. The maximum absolute atomic E-state index is 11.5. The van der Waals surface area contributed by atoms with Crippen molar-refractivity contribution < 1.29 is 9.53 Å². The van der Waals surface area contributed by atoms with Crippen molar-refractivity contribution in [3.8, 4) is 0 Å². The molecule has 3 heteroatoms. The molecule has 0 aliphatic carbocycles. The Labute approximate surface area is 79.8 Å². The molecule has 13 heavy (non-hydrogen) atoms. The van der Waals surface area contributed by atoms with Crippen molar-refractivity contribution in [1.29, 1.82) is 0 Å². The summed E-state index contributed by atoms with van der Waals surface area (Å²) in [5, 5.41) is 2.90. The first-order valence-electron chi connectivity index (χ1n) is 4.88. The SMILES string of the molecule is CC(C)(C)CNC(=O)[C@H]1CCCO1. The van der Waals surface area contributed by atoms with Crippen LogP contribution in [0.5, 0.6) is 0 Å². The van der Waals surface area contributed by atoms with Crippen LogP contribution >= 0.6 is 0 Å². The van der Waals surface area contributed by atoms with E-state index in [0.717, 1.165) is 19.4 Å². The van der Waals surface area contributed by atoms with E-state index in [1.165, 1.54) is 0 Å². The van der Waals surface area contributed by atoms with Crippen LogP contribution < -0.4 is 5.32 Å². The van der Waals surface area contributed by atoms with E-state index >= 15 is 0 Å². The first-order chi connectivity index (χ1) is 5.99. The van der Waals surface area contributed by atoms with Crippen molar-refractivity contribution >= 4 is 5.91 Å². The number of ether oxygens (including phenoxy) is 1. The van der Waals surface area contributed by atoms with Gasteiger partial charge in [-0.2, -0.15) is 0 Å². The van der Waals surface area contributed by atoms with Gasteiger partial charge in [0.2, 0.25) is 5.91 Å². The Morgan fingerprint density at radius 2 is 2.23 bits per heavy atom. The highest BCUT2D eigenvalue weighted by molar-refractivity contribution is 5.80. The monoisotopic (exact) mass is 185 g/mol. The molecule has 0 aromatic carbocycles. The largest absolute Gasteiger partial charge is 0.368 e. The number of carbonyl (C=O) groups excluding carboxylic acids is 1. The molecule has 1 saturated heterocycles. The van der Waals surface area contributed by atoms with Crippen LogP contribution in [0, 0.1) is 5.41 Å². The number of hydrogen-bond acceptors (Lipinski definition) is 2. The number of nitrogens with one attached hydrogen (secondary N) is 1. The molecular weight excluding hydrogens is 166 g/mol. The lowest BCUT2D eigenvalue weighted by atomic mass is 9.97. The lowest BCUT2D eigenvalue weighted by molar-refractivity contribution is -0.130. The second kappa shape index (κ2) is 4.09. The van der Waals surface area contributed by atoms with Crippen LogP contribution in [0.2, 0.25) is 0 Å². The Morgan fingerprint density at radius 3 is 2.69 bits per heavy atom. The topological polar surface area (TPSA) is 38.3 Å². The third-order valence-electron chi connectivity index (χ3n) is 2.02. The molecule has 0 unspecified atom stereocenters. The molecule has 0 bridgehead atoms. The van der Waals surface area contributed by atoms with E-state index in [1.54, 1.807) is 0 Å². The standard InChI is InChI=1S/C10H19NO2/c1-10(2,3)7-11-9(12)8-5-4-6-13-8/h8H,4-7H2,1-3H3,(H,11,12)/t8-/m1/s1. The molecule has 0 aromatic heterocycles. The summed E-state index contributed by atoms with van der Waals surface area (Å²) < 4.78 is 5.27. The normalized spacial score (nSPS) is 23.2. The number of amides is 1. The lowest BCUT2D eigenvalue weighted by Gasteiger charge is -2.20. The van der Waals surface area contributed by atoms with E-state index in [4.69, 9.17) is 4.74 Å². The molecule has 0 aromatic rings. The molecule has 0 saturated carbocycles. The highest BCUT2D eigenvalue weighted by atomic mass is 16.5. The molecule has 1 rings (SSSR count). The minimum Gasteiger partial charge on any atom is -0.368 e. The zero-order valence-electron chi connectivity index (χ0n) is 8.72. The summed E-state index contributed by atoms with van der Waals surface area (Å²) in [7, 11) is 0. The van der Waals surface area contributed by atoms with E-state index in [0.29, 0.717) is 6.54 Å². The second-order valence-electron chi connectivity index (χ2n) is 4.78. The first kappa shape index (κ1) is 10.5. The van der Waals surface area contributed by atoms with Gasteiger partial charge in [0.1, 0.15) is 6.10 Å². The van der Waals surface area contributed by atoms with Crippen molar-refractivity contribution in [2.24, 2.45) is 5.41 Å². The van der Waals surface area contributed by atoms with Gasteiger partial charge in [0.15, 0.2) is 0 Å². The van der Waals surface area contributed by atoms with Gasteiger partial charge in [-0.15, -0.1) is 0 Å². The summed E-state index contributed by atoms with van der Waals surface area (Å²) in [6, 6.07) is 0. The summed E-state index contributed by atoms with van der Waals surface area (Å²) in [6.07, 6.45) is 1.69. The Kier molecular flexibility index (Phi) is 3.31. The highest BCUT2D eigenvalue weighted by Gasteiger charge is 2.24. The Morgan fingerprint density at radius 1 is 1.54 bits per heavy atom. The molecular formula is C10H19NO2. The van der Waals surface area contributed by atoms with E-state index in [9.17, 15) is 4.79 Å². The van der Waals surface area contributed by atoms with Crippen molar-refractivity contribution in [3.63, 3.8) is 0 Å². The molecule has 1 aliphatic rings. The predicted octanol–water partition coefficient (Wildman–Crippen LogP) is 1.33.